The number of aromatic nitrogens is 1. The van der Waals surface area contributed by atoms with E-state index in [0.717, 1.165) is 19.3 Å². The van der Waals surface area contributed by atoms with Crippen LogP contribution in [0.3, 0.4) is 0 Å². The van der Waals surface area contributed by atoms with Crippen molar-refractivity contribution in [3.8, 4) is 0 Å². The molecule has 1 rings (SSSR count). The number of allylic oxidation sites excluding steroid dienone is 2. The summed E-state index contributed by atoms with van der Waals surface area (Å²) in [4.78, 5) is 4.51. The van der Waals surface area contributed by atoms with E-state index in [9.17, 15) is 0 Å². The van der Waals surface area contributed by atoms with Gasteiger partial charge in [0, 0.05) is 11.9 Å². The SMILES string of the molecule is C=C[C@H](C)Cc1nccc(CCC/C=C\I)c1C. The summed E-state index contributed by atoms with van der Waals surface area (Å²) >= 11 is 2.27. The van der Waals surface area contributed by atoms with Gasteiger partial charge in [0.05, 0.1) is 0 Å². The Morgan fingerprint density at radius 2 is 2.28 bits per heavy atom. The highest BCUT2D eigenvalue weighted by atomic mass is 127. The second-order valence-electron chi connectivity index (χ2n) is 4.71. The monoisotopic (exact) mass is 355 g/mol. The third-order valence-corrected chi connectivity index (χ3v) is 3.75. The van der Waals surface area contributed by atoms with Crippen LogP contribution in [0.2, 0.25) is 0 Å². The van der Waals surface area contributed by atoms with Crippen molar-refractivity contribution in [1.29, 1.82) is 0 Å². The fraction of sp³-hybridized carbons (Fsp3) is 0.438. The molecule has 1 aromatic heterocycles. The lowest BCUT2D eigenvalue weighted by molar-refractivity contribution is 0.700. The van der Waals surface area contributed by atoms with Crippen LogP contribution in [0.5, 0.6) is 0 Å². The molecule has 98 valence electrons. The average Bonchev–Trinajstić information content (AvgIpc) is 2.38. The lowest BCUT2D eigenvalue weighted by Gasteiger charge is -2.12. The van der Waals surface area contributed by atoms with Gasteiger partial charge in [0.25, 0.3) is 0 Å². The minimum atomic E-state index is 0.494. The molecule has 0 amide bonds. The van der Waals surface area contributed by atoms with Gasteiger partial charge in [-0.1, -0.05) is 41.7 Å². The van der Waals surface area contributed by atoms with Gasteiger partial charge in [0.1, 0.15) is 0 Å². The molecule has 0 unspecified atom stereocenters. The molecule has 18 heavy (non-hydrogen) atoms. The number of hydrogen-bond donors (Lipinski definition) is 0. The van der Waals surface area contributed by atoms with Crippen molar-refractivity contribution in [1.82, 2.24) is 4.98 Å². The number of pyridine rings is 1. The molecule has 0 N–H and O–H groups in total. The van der Waals surface area contributed by atoms with E-state index in [1.54, 1.807) is 0 Å². The van der Waals surface area contributed by atoms with E-state index in [1.165, 1.54) is 23.2 Å². The summed E-state index contributed by atoms with van der Waals surface area (Å²) in [5.74, 6) is 0.494. The van der Waals surface area contributed by atoms with E-state index in [-0.39, 0.29) is 0 Å². The molecule has 0 aliphatic carbocycles. The summed E-state index contributed by atoms with van der Waals surface area (Å²) < 4.78 is 2.09. The molecular weight excluding hydrogens is 333 g/mol. The molecule has 0 spiro atoms. The molecule has 0 aromatic carbocycles. The maximum Gasteiger partial charge on any atom is 0.0441 e. The van der Waals surface area contributed by atoms with Crippen molar-refractivity contribution in [2.75, 3.05) is 0 Å². The van der Waals surface area contributed by atoms with Crippen LogP contribution in [0.25, 0.3) is 0 Å². The van der Waals surface area contributed by atoms with E-state index in [4.69, 9.17) is 0 Å². The maximum absolute atomic E-state index is 4.51. The van der Waals surface area contributed by atoms with Crippen LogP contribution < -0.4 is 0 Å². The molecule has 1 heterocycles. The van der Waals surface area contributed by atoms with E-state index in [0.29, 0.717) is 5.92 Å². The van der Waals surface area contributed by atoms with Crippen molar-refractivity contribution >= 4 is 22.6 Å². The molecule has 0 aliphatic rings. The first-order valence-electron chi connectivity index (χ1n) is 6.50. The third-order valence-electron chi connectivity index (χ3n) is 3.24. The highest BCUT2D eigenvalue weighted by molar-refractivity contribution is 14.1. The van der Waals surface area contributed by atoms with E-state index in [2.05, 4.69) is 64.2 Å². The van der Waals surface area contributed by atoms with Crippen molar-refractivity contribution in [3.05, 3.63) is 51.9 Å². The molecule has 1 aromatic rings. The first-order valence-corrected chi connectivity index (χ1v) is 7.74. The number of rotatable bonds is 7. The zero-order valence-electron chi connectivity index (χ0n) is 11.3. The molecule has 0 fully saturated rings. The number of aryl methyl sites for hydroxylation is 1. The predicted octanol–water partition coefficient (Wildman–Crippen LogP) is 5.03. The van der Waals surface area contributed by atoms with E-state index >= 15 is 0 Å². The summed E-state index contributed by atoms with van der Waals surface area (Å²) in [7, 11) is 0. The minimum Gasteiger partial charge on any atom is -0.261 e. The van der Waals surface area contributed by atoms with Gasteiger partial charge in [0.15, 0.2) is 0 Å². The Morgan fingerprint density at radius 3 is 2.94 bits per heavy atom. The van der Waals surface area contributed by atoms with Gasteiger partial charge in [-0.15, -0.1) is 6.58 Å². The van der Waals surface area contributed by atoms with Gasteiger partial charge in [-0.25, -0.2) is 0 Å². The molecule has 0 bridgehead atoms. The van der Waals surface area contributed by atoms with Gasteiger partial charge in [-0.05, 0) is 59.8 Å². The summed E-state index contributed by atoms with van der Waals surface area (Å²) in [6.07, 6.45) is 10.7. The Kier molecular flexibility index (Phi) is 7.25. The van der Waals surface area contributed by atoms with Gasteiger partial charge < -0.3 is 0 Å². The highest BCUT2D eigenvalue weighted by Gasteiger charge is 2.07. The summed E-state index contributed by atoms with van der Waals surface area (Å²) in [5.41, 5.74) is 4.03. The van der Waals surface area contributed by atoms with Crippen LogP contribution in [0.15, 0.2) is 35.1 Å². The highest BCUT2D eigenvalue weighted by Crippen LogP contribution is 2.17. The zero-order valence-corrected chi connectivity index (χ0v) is 13.5. The number of nitrogens with zero attached hydrogens (tertiary/aromatic N) is 1. The Bertz CT molecular complexity index is 410. The Balaban J connectivity index is 2.68. The standard InChI is InChI=1S/C16H22IN/c1-4-13(2)12-16-14(3)15(9-11-18-16)8-6-5-7-10-17/h4,7,9-11,13H,1,5-6,8,12H2,2-3H3/b10-7-/t13-/m0/s1. The molecule has 1 nitrogen and oxygen atoms in total. The molecular formula is C16H22IN. The van der Waals surface area contributed by atoms with Crippen molar-refractivity contribution in [2.24, 2.45) is 5.92 Å². The molecule has 0 saturated carbocycles. The zero-order chi connectivity index (χ0) is 13.4. The fourth-order valence-electron chi connectivity index (χ4n) is 1.96. The van der Waals surface area contributed by atoms with Crippen molar-refractivity contribution < 1.29 is 0 Å². The average molecular weight is 355 g/mol. The van der Waals surface area contributed by atoms with Crippen LogP contribution in [0, 0.1) is 12.8 Å². The first-order chi connectivity index (χ1) is 8.69. The van der Waals surface area contributed by atoms with Crippen LogP contribution in [-0.2, 0) is 12.8 Å². The summed E-state index contributed by atoms with van der Waals surface area (Å²) in [6, 6.07) is 2.16. The van der Waals surface area contributed by atoms with Crippen LogP contribution >= 0.6 is 22.6 Å². The molecule has 0 aliphatic heterocycles. The normalized spacial score (nSPS) is 12.8. The van der Waals surface area contributed by atoms with Gasteiger partial charge in [-0.3, -0.25) is 4.98 Å². The summed E-state index contributed by atoms with van der Waals surface area (Å²) in [5, 5.41) is 0. The Hall–Kier alpha value is -0.640. The van der Waals surface area contributed by atoms with Crippen LogP contribution in [0.1, 0.15) is 36.6 Å². The number of hydrogen-bond acceptors (Lipinski definition) is 1. The quantitative estimate of drug-likeness (QED) is 0.380. The fourth-order valence-corrected chi connectivity index (χ4v) is 2.32. The third kappa shape index (κ3) is 4.92. The van der Waals surface area contributed by atoms with Crippen LogP contribution in [-0.4, -0.2) is 4.98 Å². The number of halogens is 1. The van der Waals surface area contributed by atoms with Crippen molar-refractivity contribution in [2.45, 2.75) is 39.5 Å². The number of unbranched alkanes of at least 4 members (excludes halogenated alkanes) is 1. The topological polar surface area (TPSA) is 12.9 Å². The van der Waals surface area contributed by atoms with Gasteiger partial charge >= 0.3 is 0 Å². The van der Waals surface area contributed by atoms with Gasteiger partial charge in [-0.2, -0.15) is 0 Å². The second-order valence-corrected chi connectivity index (χ2v) is 5.43. The largest absolute Gasteiger partial charge is 0.261 e. The molecule has 0 radical (unpaired) electrons. The lowest BCUT2D eigenvalue weighted by atomic mass is 9.97. The minimum absolute atomic E-state index is 0.494. The van der Waals surface area contributed by atoms with E-state index in [1.807, 2.05) is 12.3 Å². The van der Waals surface area contributed by atoms with Gasteiger partial charge in [0.2, 0.25) is 0 Å². The summed E-state index contributed by atoms with van der Waals surface area (Å²) in [6.45, 7) is 8.23. The van der Waals surface area contributed by atoms with Crippen LogP contribution in [0.4, 0.5) is 0 Å². The lowest BCUT2D eigenvalue weighted by Crippen LogP contribution is -2.03. The predicted molar refractivity (Wildman–Crippen MR) is 88.1 cm³/mol. The Labute approximate surface area is 125 Å². The molecule has 2 heteroatoms. The second kappa shape index (κ2) is 8.46. The van der Waals surface area contributed by atoms with E-state index < -0.39 is 0 Å². The maximum atomic E-state index is 4.51. The molecule has 1 atom stereocenters. The first kappa shape index (κ1) is 15.4. The smallest absolute Gasteiger partial charge is 0.0441 e. The Morgan fingerprint density at radius 1 is 1.50 bits per heavy atom. The van der Waals surface area contributed by atoms with Crippen molar-refractivity contribution in [3.63, 3.8) is 0 Å². The molecule has 0 saturated heterocycles.